The van der Waals surface area contributed by atoms with E-state index in [9.17, 15) is 4.79 Å². The number of aryl methyl sites for hydroxylation is 1. The van der Waals surface area contributed by atoms with E-state index in [1.54, 1.807) is 11.9 Å². The Labute approximate surface area is 137 Å². The van der Waals surface area contributed by atoms with Crippen molar-refractivity contribution in [1.82, 2.24) is 15.2 Å². The SMILES string of the molecule is CNCCN(C)C(=O)c1cc(C)c2ccccc2n1.Cl.Cl. The number of pyridine rings is 1. The molecule has 0 radical (unpaired) electrons. The lowest BCUT2D eigenvalue weighted by atomic mass is 10.1. The van der Waals surface area contributed by atoms with Gasteiger partial charge in [0.15, 0.2) is 0 Å². The van der Waals surface area contributed by atoms with Crippen molar-refractivity contribution in [3.05, 3.63) is 41.6 Å². The standard InChI is InChI=1S/C15H19N3O.2ClH/c1-11-10-14(15(19)18(3)9-8-16-2)17-13-7-5-4-6-12(11)13;;/h4-7,10,16H,8-9H2,1-3H3;2*1H. The van der Waals surface area contributed by atoms with Crippen molar-refractivity contribution in [3.8, 4) is 0 Å². The van der Waals surface area contributed by atoms with Crippen molar-refractivity contribution in [2.45, 2.75) is 6.92 Å². The van der Waals surface area contributed by atoms with Crippen LogP contribution in [0.15, 0.2) is 30.3 Å². The zero-order chi connectivity index (χ0) is 13.8. The van der Waals surface area contributed by atoms with Crippen molar-refractivity contribution in [1.29, 1.82) is 0 Å². The predicted octanol–water partition coefficient (Wildman–Crippen LogP) is 2.68. The quantitative estimate of drug-likeness (QED) is 0.937. The number of aromatic nitrogens is 1. The number of fused-ring (bicyclic) bond motifs is 1. The van der Waals surface area contributed by atoms with Crippen LogP contribution in [-0.4, -0.2) is 43.0 Å². The molecule has 1 aromatic carbocycles. The fraction of sp³-hybridized carbons (Fsp3) is 0.333. The first-order valence-corrected chi connectivity index (χ1v) is 6.40. The molecule has 0 spiro atoms. The van der Waals surface area contributed by atoms with Crippen LogP contribution < -0.4 is 5.32 Å². The number of halogens is 2. The molecule has 0 fully saturated rings. The average Bonchev–Trinajstić information content (AvgIpc) is 2.43. The highest BCUT2D eigenvalue weighted by molar-refractivity contribution is 5.95. The van der Waals surface area contributed by atoms with Crippen LogP contribution in [-0.2, 0) is 0 Å². The molecule has 0 aliphatic carbocycles. The van der Waals surface area contributed by atoms with Gasteiger partial charge < -0.3 is 10.2 Å². The molecule has 0 bridgehead atoms. The van der Waals surface area contributed by atoms with Gasteiger partial charge in [-0.15, -0.1) is 24.8 Å². The highest BCUT2D eigenvalue weighted by Gasteiger charge is 2.14. The number of para-hydroxylation sites is 1. The van der Waals surface area contributed by atoms with Gasteiger partial charge >= 0.3 is 0 Å². The van der Waals surface area contributed by atoms with Gasteiger partial charge in [0.05, 0.1) is 5.52 Å². The topological polar surface area (TPSA) is 45.2 Å². The number of rotatable bonds is 4. The summed E-state index contributed by atoms with van der Waals surface area (Å²) in [5, 5.41) is 4.13. The van der Waals surface area contributed by atoms with E-state index < -0.39 is 0 Å². The average molecular weight is 330 g/mol. The second-order valence-electron chi connectivity index (χ2n) is 4.67. The number of likely N-dealkylation sites (N-methyl/N-ethyl adjacent to an activating group) is 2. The van der Waals surface area contributed by atoms with Crippen molar-refractivity contribution >= 4 is 41.6 Å². The molecule has 1 aromatic heterocycles. The Morgan fingerprint density at radius 1 is 1.29 bits per heavy atom. The summed E-state index contributed by atoms with van der Waals surface area (Å²) in [6.45, 7) is 3.45. The first kappa shape index (κ1) is 19.6. The Morgan fingerprint density at radius 3 is 2.62 bits per heavy atom. The number of amides is 1. The van der Waals surface area contributed by atoms with Crippen LogP contribution in [0.2, 0.25) is 0 Å². The first-order valence-electron chi connectivity index (χ1n) is 6.40. The van der Waals surface area contributed by atoms with E-state index in [2.05, 4.69) is 10.3 Å². The molecule has 0 saturated carbocycles. The maximum absolute atomic E-state index is 12.3. The molecule has 21 heavy (non-hydrogen) atoms. The van der Waals surface area contributed by atoms with Gasteiger partial charge in [0.1, 0.15) is 5.69 Å². The molecule has 116 valence electrons. The summed E-state index contributed by atoms with van der Waals surface area (Å²) in [5.74, 6) is -0.0379. The molecular formula is C15H21Cl2N3O. The third-order valence-electron chi connectivity index (χ3n) is 3.19. The van der Waals surface area contributed by atoms with Gasteiger partial charge in [-0.3, -0.25) is 4.79 Å². The Kier molecular flexibility index (Phi) is 8.25. The summed E-state index contributed by atoms with van der Waals surface area (Å²) >= 11 is 0. The fourth-order valence-electron chi connectivity index (χ4n) is 2.04. The van der Waals surface area contributed by atoms with Crippen molar-refractivity contribution in [2.75, 3.05) is 27.2 Å². The Hall–Kier alpha value is -1.36. The summed E-state index contributed by atoms with van der Waals surface area (Å²) < 4.78 is 0. The van der Waals surface area contributed by atoms with Crippen molar-refractivity contribution < 1.29 is 4.79 Å². The third-order valence-corrected chi connectivity index (χ3v) is 3.19. The fourth-order valence-corrected chi connectivity index (χ4v) is 2.04. The van der Waals surface area contributed by atoms with Crippen molar-refractivity contribution in [2.24, 2.45) is 0 Å². The second kappa shape index (κ2) is 8.82. The van der Waals surface area contributed by atoms with Crippen LogP contribution in [0.25, 0.3) is 10.9 Å². The van der Waals surface area contributed by atoms with E-state index in [1.165, 1.54) is 0 Å². The van der Waals surface area contributed by atoms with E-state index in [0.717, 1.165) is 23.0 Å². The number of hydrogen-bond donors (Lipinski definition) is 1. The molecule has 4 nitrogen and oxygen atoms in total. The number of nitrogens with one attached hydrogen (secondary N) is 1. The molecule has 2 aromatic rings. The Bertz CT molecular complexity index is 604. The van der Waals surface area contributed by atoms with Crippen LogP contribution in [0.4, 0.5) is 0 Å². The maximum Gasteiger partial charge on any atom is 0.272 e. The first-order chi connectivity index (χ1) is 9.13. The van der Waals surface area contributed by atoms with Gasteiger partial charge in [0.25, 0.3) is 5.91 Å². The highest BCUT2D eigenvalue weighted by atomic mass is 35.5. The monoisotopic (exact) mass is 329 g/mol. The molecule has 0 aliphatic heterocycles. The van der Waals surface area contributed by atoms with E-state index in [4.69, 9.17) is 0 Å². The second-order valence-corrected chi connectivity index (χ2v) is 4.67. The lowest BCUT2D eigenvalue weighted by Gasteiger charge is -2.17. The van der Waals surface area contributed by atoms with Crippen LogP contribution >= 0.6 is 24.8 Å². The van der Waals surface area contributed by atoms with Crippen LogP contribution in [0, 0.1) is 6.92 Å². The predicted molar refractivity (Wildman–Crippen MR) is 91.9 cm³/mol. The summed E-state index contributed by atoms with van der Waals surface area (Å²) in [6, 6.07) is 9.75. The summed E-state index contributed by atoms with van der Waals surface area (Å²) in [4.78, 5) is 18.4. The lowest BCUT2D eigenvalue weighted by Crippen LogP contribution is -2.33. The molecule has 1 amide bonds. The van der Waals surface area contributed by atoms with Gasteiger partial charge in [0, 0.05) is 25.5 Å². The highest BCUT2D eigenvalue weighted by Crippen LogP contribution is 2.17. The van der Waals surface area contributed by atoms with Gasteiger partial charge in [-0.25, -0.2) is 4.98 Å². The van der Waals surface area contributed by atoms with Gasteiger partial charge in [-0.2, -0.15) is 0 Å². The minimum Gasteiger partial charge on any atom is -0.339 e. The third kappa shape index (κ3) is 4.56. The molecule has 0 aliphatic rings. The van der Waals surface area contributed by atoms with Gasteiger partial charge in [-0.1, -0.05) is 18.2 Å². The normalized spacial score (nSPS) is 9.67. The summed E-state index contributed by atoms with van der Waals surface area (Å²) in [5.41, 5.74) is 2.46. The van der Waals surface area contributed by atoms with E-state index in [-0.39, 0.29) is 30.7 Å². The zero-order valence-corrected chi connectivity index (χ0v) is 14.1. The maximum atomic E-state index is 12.3. The molecule has 2 rings (SSSR count). The lowest BCUT2D eigenvalue weighted by molar-refractivity contribution is 0.0791. The Morgan fingerprint density at radius 2 is 1.95 bits per heavy atom. The van der Waals surface area contributed by atoms with Crippen LogP contribution in [0.5, 0.6) is 0 Å². The van der Waals surface area contributed by atoms with Crippen LogP contribution in [0.1, 0.15) is 16.1 Å². The molecule has 0 unspecified atom stereocenters. The minimum absolute atomic E-state index is 0. The van der Waals surface area contributed by atoms with Gasteiger partial charge in [-0.05, 0) is 31.7 Å². The number of carbonyl (C=O) groups is 1. The number of hydrogen-bond acceptors (Lipinski definition) is 3. The number of nitrogens with zero attached hydrogens (tertiary/aromatic N) is 2. The molecular weight excluding hydrogens is 309 g/mol. The van der Waals surface area contributed by atoms with E-state index >= 15 is 0 Å². The van der Waals surface area contributed by atoms with E-state index in [0.29, 0.717) is 12.2 Å². The van der Waals surface area contributed by atoms with Gasteiger partial charge in [0.2, 0.25) is 0 Å². The van der Waals surface area contributed by atoms with Crippen molar-refractivity contribution in [3.63, 3.8) is 0 Å². The Balaban J connectivity index is 0.00000200. The molecule has 1 N–H and O–H groups in total. The zero-order valence-electron chi connectivity index (χ0n) is 12.4. The molecule has 6 heteroatoms. The summed E-state index contributed by atoms with van der Waals surface area (Å²) in [7, 11) is 3.67. The minimum atomic E-state index is -0.0379. The summed E-state index contributed by atoms with van der Waals surface area (Å²) in [6.07, 6.45) is 0. The molecule has 1 heterocycles. The largest absolute Gasteiger partial charge is 0.339 e. The number of carbonyl (C=O) groups excluding carboxylic acids is 1. The number of benzene rings is 1. The smallest absolute Gasteiger partial charge is 0.272 e. The molecule has 0 saturated heterocycles. The van der Waals surface area contributed by atoms with Crippen LogP contribution in [0.3, 0.4) is 0 Å². The van der Waals surface area contributed by atoms with E-state index in [1.807, 2.05) is 44.3 Å². The molecule has 0 atom stereocenters.